The number of aliphatic hydroxyl groups is 1. The molecule has 0 saturated heterocycles. The minimum atomic E-state index is -0.493. The smallest absolute Gasteiger partial charge is 0.129 e. The lowest BCUT2D eigenvalue weighted by atomic mass is 10.1. The molecule has 17 heavy (non-hydrogen) atoms. The second kappa shape index (κ2) is 5.38. The number of fused-ring (bicyclic) bond motifs is 1. The van der Waals surface area contributed by atoms with Gasteiger partial charge in [0.1, 0.15) is 24.2 Å². The maximum absolute atomic E-state index is 9.58. The van der Waals surface area contributed by atoms with Crippen molar-refractivity contribution in [2.45, 2.75) is 12.5 Å². The lowest BCUT2D eigenvalue weighted by molar-refractivity contribution is 0.140. The molecule has 94 valence electrons. The van der Waals surface area contributed by atoms with Crippen molar-refractivity contribution in [3.05, 3.63) is 23.8 Å². The van der Waals surface area contributed by atoms with Crippen LogP contribution in [0.2, 0.25) is 0 Å². The number of hydrogen-bond donors (Lipinski definition) is 1. The van der Waals surface area contributed by atoms with Crippen molar-refractivity contribution in [1.29, 1.82) is 0 Å². The van der Waals surface area contributed by atoms with Crippen LogP contribution in [-0.4, -0.2) is 43.9 Å². The van der Waals surface area contributed by atoms with Crippen LogP contribution in [0.5, 0.6) is 11.5 Å². The molecule has 0 aliphatic carbocycles. The van der Waals surface area contributed by atoms with Gasteiger partial charge in [-0.3, -0.25) is 0 Å². The third-order valence-corrected chi connectivity index (χ3v) is 2.76. The molecule has 1 aliphatic rings. The molecule has 1 aromatic rings. The average Bonchev–Trinajstić information content (AvgIpc) is 2.66. The summed E-state index contributed by atoms with van der Waals surface area (Å²) in [5.41, 5.74) is 0.852. The molecule has 1 aromatic carbocycles. The van der Waals surface area contributed by atoms with Gasteiger partial charge >= 0.3 is 0 Å². The highest BCUT2D eigenvalue weighted by molar-refractivity contribution is 5.44. The number of nitrogens with zero attached hydrogens (tertiary/aromatic N) is 1. The molecule has 0 aromatic heterocycles. The number of benzene rings is 1. The van der Waals surface area contributed by atoms with Crippen molar-refractivity contribution in [2.75, 3.05) is 33.9 Å². The number of rotatable bonds is 5. The molecule has 2 rings (SSSR count). The van der Waals surface area contributed by atoms with Crippen molar-refractivity contribution in [1.82, 2.24) is 4.90 Å². The van der Waals surface area contributed by atoms with E-state index in [-0.39, 0.29) is 0 Å². The number of aliphatic hydroxyl groups excluding tert-OH is 1. The van der Waals surface area contributed by atoms with Gasteiger partial charge in [-0.25, -0.2) is 0 Å². The summed E-state index contributed by atoms with van der Waals surface area (Å²) in [4.78, 5) is 2.13. The Morgan fingerprint density at radius 2 is 2.29 bits per heavy atom. The fourth-order valence-electron chi connectivity index (χ4n) is 1.83. The fraction of sp³-hybridized carbons (Fsp3) is 0.538. The predicted octanol–water partition coefficient (Wildman–Crippen LogP) is 1.44. The number of ether oxygens (including phenoxy) is 2. The summed E-state index contributed by atoms with van der Waals surface area (Å²) in [5.74, 6) is 1.54. The highest BCUT2D eigenvalue weighted by Crippen LogP contribution is 2.34. The Balaban J connectivity index is 1.86. The zero-order valence-corrected chi connectivity index (χ0v) is 10.3. The van der Waals surface area contributed by atoms with Crippen LogP contribution in [-0.2, 0) is 0 Å². The Labute approximate surface area is 102 Å². The monoisotopic (exact) mass is 237 g/mol. The van der Waals surface area contributed by atoms with Crippen LogP contribution in [0.15, 0.2) is 18.2 Å². The van der Waals surface area contributed by atoms with Gasteiger partial charge in [0.15, 0.2) is 0 Å². The summed E-state index contributed by atoms with van der Waals surface area (Å²) >= 11 is 0. The summed E-state index contributed by atoms with van der Waals surface area (Å²) in [6.07, 6.45) is 0.501. The molecule has 4 nitrogen and oxygen atoms in total. The number of hydrogen-bond acceptors (Lipinski definition) is 4. The molecule has 1 unspecified atom stereocenters. The highest BCUT2D eigenvalue weighted by Gasteiger charge is 2.21. The first kappa shape index (κ1) is 12.2. The molecule has 1 N–H and O–H groups in total. The van der Waals surface area contributed by atoms with Crippen molar-refractivity contribution in [3.63, 3.8) is 0 Å². The summed E-state index contributed by atoms with van der Waals surface area (Å²) in [6.45, 7) is 2.05. The van der Waals surface area contributed by atoms with Crippen LogP contribution < -0.4 is 9.47 Å². The molecule has 0 radical (unpaired) electrons. The van der Waals surface area contributed by atoms with Gasteiger partial charge in [-0.1, -0.05) is 0 Å². The minimum Gasteiger partial charge on any atom is -0.493 e. The van der Waals surface area contributed by atoms with Gasteiger partial charge in [0.2, 0.25) is 0 Å². The summed E-state index contributed by atoms with van der Waals surface area (Å²) < 4.78 is 11.0. The molecule has 0 amide bonds. The van der Waals surface area contributed by atoms with E-state index in [1.54, 1.807) is 0 Å². The van der Waals surface area contributed by atoms with E-state index in [1.807, 2.05) is 32.3 Å². The van der Waals surface area contributed by atoms with Crippen LogP contribution in [0, 0.1) is 0 Å². The van der Waals surface area contributed by atoms with Gasteiger partial charge in [0.05, 0.1) is 6.61 Å². The predicted molar refractivity (Wildman–Crippen MR) is 65.6 cm³/mol. The van der Waals surface area contributed by atoms with Gasteiger partial charge < -0.3 is 19.5 Å². The molecular weight excluding hydrogens is 218 g/mol. The Hall–Kier alpha value is -1.26. The standard InChI is InChI=1S/C13H19NO3/c1-14(2)6-3-7-16-10-4-5-11-12(15)9-17-13(11)8-10/h4-5,8,12,15H,3,6-7,9H2,1-2H3. The molecule has 1 atom stereocenters. The maximum atomic E-state index is 9.58. The van der Waals surface area contributed by atoms with Gasteiger partial charge in [0.25, 0.3) is 0 Å². The summed E-state index contributed by atoms with van der Waals surface area (Å²) in [6, 6.07) is 5.60. The molecule has 0 saturated carbocycles. The highest BCUT2D eigenvalue weighted by atomic mass is 16.5. The maximum Gasteiger partial charge on any atom is 0.129 e. The first-order chi connectivity index (χ1) is 8.16. The second-order valence-electron chi connectivity index (χ2n) is 4.53. The van der Waals surface area contributed by atoms with E-state index in [0.717, 1.165) is 30.0 Å². The van der Waals surface area contributed by atoms with Crippen LogP contribution in [0.1, 0.15) is 18.1 Å². The third kappa shape index (κ3) is 3.11. The molecule has 0 spiro atoms. The SMILES string of the molecule is CN(C)CCCOc1ccc2c(c1)OCC2O. The average molecular weight is 237 g/mol. The van der Waals surface area contributed by atoms with E-state index < -0.39 is 6.10 Å². The summed E-state index contributed by atoms with van der Waals surface area (Å²) in [7, 11) is 4.09. The van der Waals surface area contributed by atoms with Crippen molar-refractivity contribution < 1.29 is 14.6 Å². The van der Waals surface area contributed by atoms with Crippen LogP contribution in [0.4, 0.5) is 0 Å². The lowest BCUT2D eigenvalue weighted by Gasteiger charge is -2.11. The topological polar surface area (TPSA) is 41.9 Å². The fourth-order valence-corrected chi connectivity index (χ4v) is 1.83. The Bertz CT molecular complexity index is 379. The Kier molecular flexibility index (Phi) is 3.86. The van der Waals surface area contributed by atoms with Crippen LogP contribution in [0.3, 0.4) is 0 Å². The van der Waals surface area contributed by atoms with E-state index >= 15 is 0 Å². The van der Waals surface area contributed by atoms with Gasteiger partial charge in [-0.2, -0.15) is 0 Å². The first-order valence-corrected chi connectivity index (χ1v) is 5.89. The zero-order valence-electron chi connectivity index (χ0n) is 10.3. The van der Waals surface area contributed by atoms with Crippen molar-refractivity contribution in [3.8, 4) is 11.5 Å². The first-order valence-electron chi connectivity index (χ1n) is 5.89. The van der Waals surface area contributed by atoms with Gasteiger partial charge in [0, 0.05) is 18.2 Å². The molecular formula is C13H19NO3. The van der Waals surface area contributed by atoms with E-state index in [4.69, 9.17) is 9.47 Å². The largest absolute Gasteiger partial charge is 0.493 e. The van der Waals surface area contributed by atoms with E-state index in [9.17, 15) is 5.11 Å². The van der Waals surface area contributed by atoms with Gasteiger partial charge in [-0.15, -0.1) is 0 Å². The van der Waals surface area contributed by atoms with E-state index in [2.05, 4.69) is 4.90 Å². The van der Waals surface area contributed by atoms with Crippen molar-refractivity contribution in [2.24, 2.45) is 0 Å². The zero-order chi connectivity index (χ0) is 12.3. The van der Waals surface area contributed by atoms with Crippen LogP contribution in [0.25, 0.3) is 0 Å². The second-order valence-corrected chi connectivity index (χ2v) is 4.53. The molecule has 0 bridgehead atoms. The van der Waals surface area contributed by atoms with Crippen molar-refractivity contribution >= 4 is 0 Å². The molecule has 1 aliphatic heterocycles. The molecule has 4 heteroatoms. The van der Waals surface area contributed by atoms with E-state index in [1.165, 1.54) is 0 Å². The minimum absolute atomic E-state index is 0.347. The quantitative estimate of drug-likeness (QED) is 0.787. The van der Waals surface area contributed by atoms with Crippen LogP contribution >= 0.6 is 0 Å². The summed E-state index contributed by atoms with van der Waals surface area (Å²) in [5, 5.41) is 9.58. The third-order valence-electron chi connectivity index (χ3n) is 2.76. The lowest BCUT2D eigenvalue weighted by Crippen LogP contribution is -2.15. The molecule has 1 heterocycles. The Morgan fingerprint density at radius 1 is 1.47 bits per heavy atom. The Morgan fingerprint density at radius 3 is 3.06 bits per heavy atom. The molecule has 0 fully saturated rings. The van der Waals surface area contributed by atoms with E-state index in [0.29, 0.717) is 13.2 Å². The normalized spacial score (nSPS) is 18.0. The van der Waals surface area contributed by atoms with Gasteiger partial charge in [-0.05, 0) is 32.6 Å².